The van der Waals surface area contributed by atoms with Gasteiger partial charge in [0.2, 0.25) is 11.8 Å². The van der Waals surface area contributed by atoms with E-state index in [0.717, 1.165) is 6.42 Å². The van der Waals surface area contributed by atoms with Crippen molar-refractivity contribution in [3.05, 3.63) is 35.9 Å². The smallest absolute Gasteiger partial charge is 0.245 e. The van der Waals surface area contributed by atoms with Gasteiger partial charge in [-0.05, 0) is 18.9 Å². The lowest BCUT2D eigenvalue weighted by molar-refractivity contribution is -0.155. The summed E-state index contributed by atoms with van der Waals surface area (Å²) < 4.78 is 10.3. The number of piperazine rings is 1. The van der Waals surface area contributed by atoms with Crippen molar-refractivity contribution in [1.82, 2.24) is 9.80 Å². The zero-order chi connectivity index (χ0) is 17.4. The Hall–Kier alpha value is -1.92. The van der Waals surface area contributed by atoms with E-state index in [1.165, 1.54) is 5.56 Å². The number of nitrogens with zero attached hydrogens (tertiary/aromatic N) is 2. The maximum atomic E-state index is 12.5. The van der Waals surface area contributed by atoms with Gasteiger partial charge in [0.05, 0.1) is 26.4 Å². The number of hydrogen-bond acceptors (Lipinski definition) is 4. The van der Waals surface area contributed by atoms with Gasteiger partial charge in [0.15, 0.2) is 0 Å². The van der Waals surface area contributed by atoms with E-state index in [-0.39, 0.29) is 18.4 Å². The zero-order valence-electron chi connectivity index (χ0n) is 14.4. The molecule has 1 fully saturated rings. The topological polar surface area (TPSA) is 59.1 Å². The highest BCUT2D eigenvalue weighted by atomic mass is 16.5. The molecule has 6 nitrogen and oxygen atoms in total. The summed E-state index contributed by atoms with van der Waals surface area (Å²) in [5, 5.41) is 0. The molecule has 0 aromatic heterocycles. The van der Waals surface area contributed by atoms with Crippen LogP contribution in [-0.4, -0.2) is 74.2 Å². The summed E-state index contributed by atoms with van der Waals surface area (Å²) >= 11 is 0. The number of carbonyl (C=O) groups excluding carboxylic acids is 2. The average Bonchev–Trinajstić information content (AvgIpc) is 2.60. The van der Waals surface area contributed by atoms with Crippen LogP contribution in [0.2, 0.25) is 0 Å². The second-order valence-electron chi connectivity index (χ2n) is 5.86. The van der Waals surface area contributed by atoms with E-state index >= 15 is 0 Å². The number of carbonyl (C=O) groups is 2. The lowest BCUT2D eigenvalue weighted by Gasteiger charge is -2.38. The predicted molar refractivity (Wildman–Crippen MR) is 90.6 cm³/mol. The van der Waals surface area contributed by atoms with Crippen LogP contribution < -0.4 is 0 Å². The van der Waals surface area contributed by atoms with Crippen LogP contribution in [0.5, 0.6) is 0 Å². The highest BCUT2D eigenvalue weighted by molar-refractivity contribution is 5.94. The number of ether oxygens (including phenoxy) is 2. The summed E-state index contributed by atoms with van der Waals surface area (Å²) in [6.45, 7) is 4.35. The minimum atomic E-state index is -0.437. The molecule has 0 spiro atoms. The quantitative estimate of drug-likeness (QED) is 0.631. The van der Waals surface area contributed by atoms with E-state index in [4.69, 9.17) is 9.47 Å². The molecule has 0 bridgehead atoms. The van der Waals surface area contributed by atoms with Gasteiger partial charge in [0.1, 0.15) is 6.04 Å². The fourth-order valence-corrected chi connectivity index (χ4v) is 2.77. The van der Waals surface area contributed by atoms with Crippen LogP contribution in [0.3, 0.4) is 0 Å². The molecule has 6 heteroatoms. The van der Waals surface area contributed by atoms with Gasteiger partial charge in [-0.3, -0.25) is 9.59 Å². The van der Waals surface area contributed by atoms with E-state index in [2.05, 4.69) is 0 Å². The SMILES string of the molecule is COCCOCCN1C(=O)CN(CCc2ccccc2)C(=O)[C@@H]1C. The average molecular weight is 334 g/mol. The molecular formula is C18H26N2O4. The lowest BCUT2D eigenvalue weighted by atomic mass is 10.1. The molecule has 1 aromatic carbocycles. The molecular weight excluding hydrogens is 308 g/mol. The molecule has 0 unspecified atom stereocenters. The van der Waals surface area contributed by atoms with Crippen LogP contribution in [0.15, 0.2) is 30.3 Å². The van der Waals surface area contributed by atoms with Crippen molar-refractivity contribution in [1.29, 1.82) is 0 Å². The van der Waals surface area contributed by atoms with Gasteiger partial charge in [-0.15, -0.1) is 0 Å². The Morgan fingerprint density at radius 2 is 1.83 bits per heavy atom. The first kappa shape index (κ1) is 18.4. The second-order valence-corrected chi connectivity index (χ2v) is 5.86. The first-order valence-corrected chi connectivity index (χ1v) is 8.32. The molecule has 24 heavy (non-hydrogen) atoms. The van der Waals surface area contributed by atoms with Crippen LogP contribution in [0.4, 0.5) is 0 Å². The molecule has 0 radical (unpaired) electrons. The molecule has 1 aromatic rings. The second kappa shape index (κ2) is 9.39. The van der Waals surface area contributed by atoms with Gasteiger partial charge in [0, 0.05) is 20.2 Å². The summed E-state index contributed by atoms with van der Waals surface area (Å²) in [4.78, 5) is 28.1. The third-order valence-corrected chi connectivity index (χ3v) is 4.20. The Balaban J connectivity index is 1.82. The fourth-order valence-electron chi connectivity index (χ4n) is 2.77. The van der Waals surface area contributed by atoms with Crippen molar-refractivity contribution < 1.29 is 19.1 Å². The van der Waals surface area contributed by atoms with Crippen molar-refractivity contribution in [2.24, 2.45) is 0 Å². The normalized spacial score (nSPS) is 18.3. The number of methoxy groups -OCH3 is 1. The summed E-state index contributed by atoms with van der Waals surface area (Å²) in [5.74, 6) is -0.0204. The van der Waals surface area contributed by atoms with Crippen molar-refractivity contribution in [2.45, 2.75) is 19.4 Å². The van der Waals surface area contributed by atoms with Crippen LogP contribution in [-0.2, 0) is 25.5 Å². The van der Waals surface area contributed by atoms with E-state index in [9.17, 15) is 9.59 Å². The van der Waals surface area contributed by atoms with Gasteiger partial charge in [-0.2, -0.15) is 0 Å². The maximum Gasteiger partial charge on any atom is 0.245 e. The molecule has 0 N–H and O–H groups in total. The van der Waals surface area contributed by atoms with E-state index in [0.29, 0.717) is 32.9 Å². The Bertz CT molecular complexity index is 535. The molecule has 1 atom stereocenters. The Morgan fingerprint density at radius 1 is 1.08 bits per heavy atom. The molecule has 1 heterocycles. The van der Waals surface area contributed by atoms with Crippen LogP contribution in [0.1, 0.15) is 12.5 Å². The summed E-state index contributed by atoms with van der Waals surface area (Å²) in [5.41, 5.74) is 1.17. The van der Waals surface area contributed by atoms with Crippen molar-refractivity contribution >= 4 is 11.8 Å². The number of hydrogen-bond donors (Lipinski definition) is 0. The maximum absolute atomic E-state index is 12.5. The molecule has 2 rings (SSSR count). The van der Waals surface area contributed by atoms with Crippen molar-refractivity contribution in [3.8, 4) is 0 Å². The largest absolute Gasteiger partial charge is 0.382 e. The van der Waals surface area contributed by atoms with E-state index < -0.39 is 6.04 Å². The van der Waals surface area contributed by atoms with Gasteiger partial charge < -0.3 is 19.3 Å². The van der Waals surface area contributed by atoms with Crippen molar-refractivity contribution in [2.75, 3.05) is 46.6 Å². The Kier molecular flexibility index (Phi) is 7.21. The molecule has 132 valence electrons. The molecule has 1 aliphatic heterocycles. The fraction of sp³-hybridized carbons (Fsp3) is 0.556. The monoisotopic (exact) mass is 334 g/mol. The summed E-state index contributed by atoms with van der Waals surface area (Å²) in [6.07, 6.45) is 0.757. The highest BCUT2D eigenvalue weighted by Gasteiger charge is 2.35. The summed E-state index contributed by atoms with van der Waals surface area (Å²) in [6, 6.07) is 9.55. The summed E-state index contributed by atoms with van der Waals surface area (Å²) in [7, 11) is 1.61. The van der Waals surface area contributed by atoms with Gasteiger partial charge in [0.25, 0.3) is 0 Å². The molecule has 2 amide bonds. The first-order valence-electron chi connectivity index (χ1n) is 8.32. The third-order valence-electron chi connectivity index (χ3n) is 4.20. The highest BCUT2D eigenvalue weighted by Crippen LogP contribution is 2.13. The van der Waals surface area contributed by atoms with Crippen LogP contribution >= 0.6 is 0 Å². The van der Waals surface area contributed by atoms with E-state index in [1.54, 1.807) is 23.8 Å². The minimum absolute atomic E-state index is 0.00224. The minimum Gasteiger partial charge on any atom is -0.382 e. The standard InChI is InChI=1S/C18H26N2O4/c1-15-18(22)19(9-8-16-6-4-3-5-7-16)14-17(21)20(15)10-11-24-13-12-23-2/h3-7,15H,8-14H2,1-2H3/t15-/m0/s1. The van der Waals surface area contributed by atoms with Gasteiger partial charge >= 0.3 is 0 Å². The third kappa shape index (κ3) is 5.04. The molecule has 0 saturated carbocycles. The zero-order valence-corrected chi connectivity index (χ0v) is 14.4. The van der Waals surface area contributed by atoms with Crippen LogP contribution in [0.25, 0.3) is 0 Å². The van der Waals surface area contributed by atoms with Gasteiger partial charge in [-0.1, -0.05) is 30.3 Å². The molecule has 0 aliphatic carbocycles. The lowest BCUT2D eigenvalue weighted by Crippen LogP contribution is -2.59. The van der Waals surface area contributed by atoms with Crippen molar-refractivity contribution in [3.63, 3.8) is 0 Å². The molecule has 1 saturated heterocycles. The Labute approximate surface area is 143 Å². The van der Waals surface area contributed by atoms with Gasteiger partial charge in [-0.25, -0.2) is 0 Å². The Morgan fingerprint density at radius 3 is 2.54 bits per heavy atom. The predicted octanol–water partition coefficient (Wildman–Crippen LogP) is 0.951. The molecule has 1 aliphatic rings. The number of amides is 2. The number of benzene rings is 1. The first-order chi connectivity index (χ1) is 11.6. The van der Waals surface area contributed by atoms with Crippen LogP contribution in [0, 0.1) is 0 Å². The van der Waals surface area contributed by atoms with E-state index in [1.807, 2.05) is 30.3 Å². The number of rotatable bonds is 9.